The number of azo groups is 1. The molecule has 1 heterocycles. The molecule has 21 heavy (non-hydrogen) atoms. The van der Waals surface area contributed by atoms with E-state index in [1.165, 1.54) is 18.2 Å². The van der Waals surface area contributed by atoms with Crippen molar-refractivity contribution in [3.63, 3.8) is 0 Å². The van der Waals surface area contributed by atoms with Gasteiger partial charge in [-0.1, -0.05) is 17.7 Å². The molecule has 0 aliphatic heterocycles. The smallest absolute Gasteiger partial charge is 0.218 e. The molecule has 6 heteroatoms. The summed E-state index contributed by atoms with van der Waals surface area (Å²) < 4.78 is 13.3. The summed E-state index contributed by atoms with van der Waals surface area (Å²) in [6.45, 7) is 1.87. The van der Waals surface area contributed by atoms with E-state index in [0.717, 1.165) is 5.56 Å². The number of hydrogen-bond acceptors (Lipinski definition) is 3. The van der Waals surface area contributed by atoms with Gasteiger partial charge in [0.15, 0.2) is 5.69 Å². The maximum absolute atomic E-state index is 13.3. The molecule has 0 unspecified atom stereocenters. The summed E-state index contributed by atoms with van der Waals surface area (Å²) in [5.41, 5.74) is 2.27. The van der Waals surface area contributed by atoms with Crippen LogP contribution in [0, 0.1) is 12.7 Å². The highest BCUT2D eigenvalue weighted by Crippen LogP contribution is 2.37. The molecular formula is C15H11ClFN3O. The molecule has 0 atom stereocenters. The topological polar surface area (TPSA) is 60.7 Å². The van der Waals surface area contributed by atoms with E-state index >= 15 is 0 Å². The molecule has 0 spiro atoms. The number of rotatable bonds is 2. The summed E-state index contributed by atoms with van der Waals surface area (Å²) >= 11 is 5.92. The Balaban J connectivity index is 2.09. The van der Waals surface area contributed by atoms with Crippen LogP contribution in [0.2, 0.25) is 5.02 Å². The van der Waals surface area contributed by atoms with Gasteiger partial charge in [0.2, 0.25) is 5.88 Å². The number of H-pyrrole nitrogens is 1. The number of nitrogens with one attached hydrogen (secondary N) is 1. The van der Waals surface area contributed by atoms with Crippen LogP contribution in [0.15, 0.2) is 46.6 Å². The number of aromatic hydroxyl groups is 1. The highest BCUT2D eigenvalue weighted by molar-refractivity contribution is 6.30. The molecule has 0 radical (unpaired) electrons. The number of fused-ring (bicyclic) bond motifs is 1. The second-order valence-electron chi connectivity index (χ2n) is 4.64. The van der Waals surface area contributed by atoms with Crippen molar-refractivity contribution >= 4 is 33.9 Å². The van der Waals surface area contributed by atoms with Gasteiger partial charge in [0.05, 0.1) is 11.2 Å². The molecule has 0 fully saturated rings. The van der Waals surface area contributed by atoms with Crippen LogP contribution in [0.25, 0.3) is 10.9 Å². The molecule has 0 amide bonds. The van der Waals surface area contributed by atoms with E-state index in [1.807, 2.05) is 13.0 Å². The first-order valence-electron chi connectivity index (χ1n) is 6.22. The van der Waals surface area contributed by atoms with Crippen LogP contribution in [0.1, 0.15) is 5.56 Å². The van der Waals surface area contributed by atoms with E-state index in [4.69, 9.17) is 11.6 Å². The van der Waals surface area contributed by atoms with Crippen LogP contribution in [-0.4, -0.2) is 10.1 Å². The molecule has 4 nitrogen and oxygen atoms in total. The zero-order chi connectivity index (χ0) is 15.0. The second kappa shape index (κ2) is 5.18. The monoisotopic (exact) mass is 303 g/mol. The Kier molecular flexibility index (Phi) is 3.35. The Labute approximate surface area is 124 Å². The molecule has 0 aliphatic rings. The molecule has 3 rings (SSSR count). The average molecular weight is 304 g/mol. The van der Waals surface area contributed by atoms with E-state index < -0.39 is 5.82 Å². The zero-order valence-electron chi connectivity index (χ0n) is 11.1. The van der Waals surface area contributed by atoms with Gasteiger partial charge in [-0.15, -0.1) is 5.11 Å². The number of benzene rings is 2. The third-order valence-electron chi connectivity index (χ3n) is 3.14. The molecule has 2 N–H and O–H groups in total. The second-order valence-corrected chi connectivity index (χ2v) is 5.08. The van der Waals surface area contributed by atoms with Crippen molar-refractivity contribution in [3.05, 3.63) is 52.8 Å². The average Bonchev–Trinajstić information content (AvgIpc) is 2.75. The molecule has 1 aromatic heterocycles. The molecule has 106 valence electrons. The van der Waals surface area contributed by atoms with Gasteiger partial charge in [0, 0.05) is 10.4 Å². The zero-order valence-corrected chi connectivity index (χ0v) is 11.8. The summed E-state index contributed by atoms with van der Waals surface area (Å²) in [4.78, 5) is 2.73. The predicted octanol–water partition coefficient (Wildman–Crippen LogP) is 5.39. The summed E-state index contributed by atoms with van der Waals surface area (Å²) in [7, 11) is 0. The van der Waals surface area contributed by atoms with Gasteiger partial charge >= 0.3 is 0 Å². The van der Waals surface area contributed by atoms with Gasteiger partial charge in [-0.25, -0.2) is 4.39 Å². The van der Waals surface area contributed by atoms with Gasteiger partial charge in [-0.2, -0.15) is 5.11 Å². The lowest BCUT2D eigenvalue weighted by molar-refractivity contribution is 0.459. The fourth-order valence-corrected chi connectivity index (χ4v) is 2.20. The summed E-state index contributed by atoms with van der Waals surface area (Å²) in [6, 6.07) is 9.39. The number of aromatic nitrogens is 1. The van der Waals surface area contributed by atoms with E-state index in [1.54, 1.807) is 12.1 Å². The molecule has 0 aliphatic carbocycles. The maximum atomic E-state index is 13.3. The first-order chi connectivity index (χ1) is 10.0. The quantitative estimate of drug-likeness (QED) is 0.613. The molecule has 3 aromatic rings. The maximum Gasteiger partial charge on any atom is 0.218 e. The third-order valence-corrected chi connectivity index (χ3v) is 3.38. The first kappa shape index (κ1) is 13.6. The fraction of sp³-hybridized carbons (Fsp3) is 0.0667. The molecule has 0 saturated heterocycles. The summed E-state index contributed by atoms with van der Waals surface area (Å²) in [6.07, 6.45) is 0. The van der Waals surface area contributed by atoms with Crippen LogP contribution in [0.5, 0.6) is 5.88 Å². The van der Waals surface area contributed by atoms with Crippen molar-refractivity contribution in [2.24, 2.45) is 10.2 Å². The Hall–Kier alpha value is -2.40. The number of hydrogen-bond donors (Lipinski definition) is 2. The van der Waals surface area contributed by atoms with Crippen molar-refractivity contribution in [2.45, 2.75) is 6.92 Å². The lowest BCUT2D eigenvalue weighted by atomic mass is 10.2. The van der Waals surface area contributed by atoms with Crippen LogP contribution < -0.4 is 0 Å². The Bertz CT molecular complexity index is 857. The predicted molar refractivity (Wildman–Crippen MR) is 80.3 cm³/mol. The minimum absolute atomic E-state index is 0.154. The standard InChI is InChI=1S/C15H11ClFN3O/c1-8-2-3-9(16)6-13(8)19-20-14-11-7-10(17)4-5-12(11)18-15(14)21/h2-7,18,21H,1H3. The minimum atomic E-state index is -0.406. The molecular weight excluding hydrogens is 293 g/mol. The third kappa shape index (κ3) is 2.60. The van der Waals surface area contributed by atoms with Crippen molar-refractivity contribution in [1.29, 1.82) is 0 Å². The number of nitrogens with zero attached hydrogens (tertiary/aromatic N) is 2. The van der Waals surface area contributed by atoms with E-state index in [9.17, 15) is 9.50 Å². The lowest BCUT2D eigenvalue weighted by Gasteiger charge is -1.99. The number of halogens is 2. The van der Waals surface area contributed by atoms with E-state index in [-0.39, 0.29) is 11.6 Å². The fourth-order valence-electron chi connectivity index (χ4n) is 2.03. The normalized spacial score (nSPS) is 11.6. The van der Waals surface area contributed by atoms with Gasteiger partial charge in [-0.3, -0.25) is 0 Å². The Morgan fingerprint density at radius 1 is 1.14 bits per heavy atom. The largest absolute Gasteiger partial charge is 0.493 e. The minimum Gasteiger partial charge on any atom is -0.493 e. The van der Waals surface area contributed by atoms with Crippen LogP contribution in [0.4, 0.5) is 15.8 Å². The van der Waals surface area contributed by atoms with Gasteiger partial charge in [0.1, 0.15) is 5.82 Å². The Morgan fingerprint density at radius 3 is 2.76 bits per heavy atom. The Morgan fingerprint density at radius 2 is 1.95 bits per heavy atom. The van der Waals surface area contributed by atoms with Crippen molar-refractivity contribution in [1.82, 2.24) is 4.98 Å². The first-order valence-corrected chi connectivity index (χ1v) is 6.60. The summed E-state index contributed by atoms with van der Waals surface area (Å²) in [5.74, 6) is -0.559. The van der Waals surface area contributed by atoms with Crippen LogP contribution in [0.3, 0.4) is 0 Å². The summed E-state index contributed by atoms with van der Waals surface area (Å²) in [5, 5.41) is 19.0. The highest BCUT2D eigenvalue weighted by atomic mass is 35.5. The van der Waals surface area contributed by atoms with Crippen molar-refractivity contribution < 1.29 is 9.50 Å². The van der Waals surface area contributed by atoms with Crippen molar-refractivity contribution in [2.75, 3.05) is 0 Å². The van der Waals surface area contributed by atoms with Crippen molar-refractivity contribution in [3.8, 4) is 5.88 Å². The van der Waals surface area contributed by atoms with Gasteiger partial charge in [0.25, 0.3) is 0 Å². The van der Waals surface area contributed by atoms with E-state index in [2.05, 4.69) is 15.2 Å². The van der Waals surface area contributed by atoms with E-state index in [0.29, 0.717) is 21.6 Å². The SMILES string of the molecule is Cc1ccc(Cl)cc1N=Nc1c(O)[nH]c2ccc(F)cc12. The van der Waals surface area contributed by atoms with Crippen LogP contribution in [-0.2, 0) is 0 Å². The number of aryl methyl sites for hydroxylation is 1. The van der Waals surface area contributed by atoms with Crippen LogP contribution >= 0.6 is 11.6 Å². The number of aromatic amines is 1. The lowest BCUT2D eigenvalue weighted by Crippen LogP contribution is -1.74. The highest BCUT2D eigenvalue weighted by Gasteiger charge is 2.11. The molecule has 0 saturated carbocycles. The van der Waals surface area contributed by atoms with Gasteiger partial charge < -0.3 is 10.1 Å². The van der Waals surface area contributed by atoms with Gasteiger partial charge in [-0.05, 0) is 42.8 Å². The molecule has 0 bridgehead atoms. The molecule has 2 aromatic carbocycles.